The third-order valence-corrected chi connectivity index (χ3v) is 7.81. The predicted molar refractivity (Wildman–Crippen MR) is 167 cm³/mol. The van der Waals surface area contributed by atoms with Crippen molar-refractivity contribution in [2.24, 2.45) is 0 Å². The van der Waals surface area contributed by atoms with Crippen LogP contribution in [-0.2, 0) is 19.6 Å². The van der Waals surface area contributed by atoms with Crippen molar-refractivity contribution in [2.75, 3.05) is 0 Å². The molecule has 40 heavy (non-hydrogen) atoms. The van der Waals surface area contributed by atoms with E-state index in [2.05, 4.69) is 134 Å². The Bertz CT molecular complexity index is 2000. The summed E-state index contributed by atoms with van der Waals surface area (Å²) < 4.78 is 13.4. The van der Waals surface area contributed by atoms with Gasteiger partial charge in [-0.2, -0.15) is 0 Å². The highest BCUT2D eigenvalue weighted by Crippen LogP contribution is 2.45. The Morgan fingerprint density at radius 3 is 1.55 bits per heavy atom. The van der Waals surface area contributed by atoms with Crippen LogP contribution in [0, 0.1) is 0 Å². The molecule has 7 rings (SSSR count). The Hall–Kier alpha value is -4.82. The summed E-state index contributed by atoms with van der Waals surface area (Å²) >= 11 is 0. The van der Waals surface area contributed by atoms with Gasteiger partial charge in [0.25, 0.3) is 0 Å². The van der Waals surface area contributed by atoms with Gasteiger partial charge in [0.15, 0.2) is 0 Å². The van der Waals surface area contributed by atoms with Gasteiger partial charge in [-0.05, 0) is 56.8 Å². The summed E-state index contributed by atoms with van der Waals surface area (Å²) in [5.41, 5.74) is 3.56. The van der Waals surface area contributed by atoms with Crippen molar-refractivity contribution in [3.05, 3.63) is 144 Å². The molecular formula is C38H30O2. The average Bonchev–Trinajstić information content (AvgIpc) is 3.02. The minimum atomic E-state index is 0.498. The number of hydrogen-bond donors (Lipinski definition) is 0. The second-order valence-corrected chi connectivity index (χ2v) is 10.3. The molecule has 0 N–H and O–H groups in total. The molecule has 2 nitrogen and oxygen atoms in total. The summed E-state index contributed by atoms with van der Waals surface area (Å²) in [7, 11) is 0. The van der Waals surface area contributed by atoms with Crippen LogP contribution in [0.1, 0.15) is 23.6 Å². The summed E-state index contributed by atoms with van der Waals surface area (Å²) in [6.45, 7) is 3.20. The first-order chi connectivity index (χ1) is 19.8. The van der Waals surface area contributed by atoms with Crippen LogP contribution in [0.25, 0.3) is 43.1 Å². The lowest BCUT2D eigenvalue weighted by molar-refractivity contribution is 0.308. The van der Waals surface area contributed by atoms with Crippen LogP contribution in [0.5, 0.6) is 11.5 Å². The molecule has 0 fully saturated rings. The molecule has 7 aromatic rings. The molecule has 0 heterocycles. The van der Waals surface area contributed by atoms with Gasteiger partial charge in [-0.3, -0.25) is 0 Å². The predicted octanol–water partition coefficient (Wildman–Crippen LogP) is 10.0. The van der Waals surface area contributed by atoms with Crippen molar-refractivity contribution in [1.29, 1.82) is 0 Å². The zero-order valence-corrected chi connectivity index (χ0v) is 22.6. The van der Waals surface area contributed by atoms with E-state index in [-0.39, 0.29) is 0 Å². The maximum absolute atomic E-state index is 6.72. The number of hydrogen-bond acceptors (Lipinski definition) is 2. The second-order valence-electron chi connectivity index (χ2n) is 10.3. The van der Waals surface area contributed by atoms with Gasteiger partial charge in [0.05, 0.1) is 0 Å². The van der Waals surface area contributed by atoms with Gasteiger partial charge in [-0.1, -0.05) is 122 Å². The van der Waals surface area contributed by atoms with Gasteiger partial charge in [-0.15, -0.1) is 0 Å². The lowest BCUT2D eigenvalue weighted by Crippen LogP contribution is -2.02. The van der Waals surface area contributed by atoms with Crippen LogP contribution < -0.4 is 9.47 Å². The molecule has 0 amide bonds. The number of aryl methyl sites for hydroxylation is 1. The van der Waals surface area contributed by atoms with Gasteiger partial charge >= 0.3 is 0 Å². The number of rotatable bonds is 7. The highest BCUT2D eigenvalue weighted by Gasteiger charge is 2.18. The average molecular weight is 519 g/mol. The molecule has 0 saturated heterocycles. The van der Waals surface area contributed by atoms with E-state index < -0.39 is 0 Å². The number of fused-ring (bicyclic) bond motifs is 4. The normalized spacial score (nSPS) is 11.4. The summed E-state index contributed by atoms with van der Waals surface area (Å²) in [6.07, 6.45) is 0.909. The van der Waals surface area contributed by atoms with Crippen LogP contribution >= 0.6 is 0 Å². The van der Waals surface area contributed by atoms with Crippen molar-refractivity contribution in [3.8, 4) is 11.5 Å². The molecule has 0 aromatic heterocycles. The summed E-state index contributed by atoms with van der Waals surface area (Å²) in [5.74, 6) is 1.83. The van der Waals surface area contributed by atoms with Gasteiger partial charge in [0.1, 0.15) is 24.7 Å². The Kier molecular flexibility index (Phi) is 6.30. The number of ether oxygens (including phenoxy) is 2. The quantitative estimate of drug-likeness (QED) is 0.195. The van der Waals surface area contributed by atoms with Crippen LogP contribution in [-0.4, -0.2) is 0 Å². The Labute approximate surface area is 234 Å². The molecule has 194 valence electrons. The monoisotopic (exact) mass is 518 g/mol. The fourth-order valence-electron chi connectivity index (χ4n) is 5.78. The Morgan fingerprint density at radius 2 is 0.950 bits per heavy atom. The molecule has 0 aliphatic rings. The molecule has 0 saturated carbocycles. The molecule has 0 radical (unpaired) electrons. The molecule has 0 unspecified atom stereocenters. The van der Waals surface area contributed by atoms with Crippen molar-refractivity contribution in [3.63, 3.8) is 0 Å². The highest BCUT2D eigenvalue weighted by atomic mass is 16.5. The fraction of sp³-hybridized carbons (Fsp3) is 0.105. The molecule has 2 heteroatoms. The Balaban J connectivity index is 1.31. The second kappa shape index (κ2) is 10.4. The zero-order valence-electron chi connectivity index (χ0n) is 22.6. The summed E-state index contributed by atoms with van der Waals surface area (Å²) in [6, 6.07) is 45.0. The van der Waals surface area contributed by atoms with Crippen molar-refractivity contribution in [2.45, 2.75) is 26.6 Å². The van der Waals surface area contributed by atoms with Crippen LogP contribution in [0.2, 0.25) is 0 Å². The van der Waals surface area contributed by atoms with E-state index in [0.717, 1.165) is 50.6 Å². The summed E-state index contributed by atoms with van der Waals surface area (Å²) in [4.78, 5) is 0. The standard InChI is InChI=1S/C38H30O2/c1-2-28-14-9-17-35-36(28)38(40-25-27-19-21-30-11-4-6-13-32(30)23-27)34-16-8-7-15-33(34)37(35)39-24-26-18-20-29-10-3-5-12-31(29)22-26/h3-23H,2,24-25H2,1H3. The maximum Gasteiger partial charge on any atom is 0.136 e. The fourth-order valence-corrected chi connectivity index (χ4v) is 5.78. The lowest BCUT2D eigenvalue weighted by atomic mass is 9.96. The highest BCUT2D eigenvalue weighted by molar-refractivity contribution is 6.12. The van der Waals surface area contributed by atoms with Crippen molar-refractivity contribution < 1.29 is 9.47 Å². The molecule has 0 atom stereocenters. The molecule has 0 spiro atoms. The largest absolute Gasteiger partial charge is 0.488 e. The molecule has 7 aromatic carbocycles. The van der Waals surface area contributed by atoms with E-state index in [4.69, 9.17) is 9.47 Å². The smallest absolute Gasteiger partial charge is 0.136 e. The van der Waals surface area contributed by atoms with Crippen molar-refractivity contribution >= 4 is 43.1 Å². The Morgan fingerprint density at radius 1 is 0.450 bits per heavy atom. The van der Waals surface area contributed by atoms with Gasteiger partial charge in [-0.25, -0.2) is 0 Å². The molecule has 0 aliphatic heterocycles. The van der Waals surface area contributed by atoms with Crippen LogP contribution in [0.4, 0.5) is 0 Å². The van der Waals surface area contributed by atoms with Gasteiger partial charge in [0, 0.05) is 21.5 Å². The van der Waals surface area contributed by atoms with E-state index in [1.165, 1.54) is 27.1 Å². The first kappa shape index (κ1) is 24.2. The SMILES string of the molecule is CCc1cccc2c(OCc3ccc4ccccc4c3)c3ccccc3c(OCc3ccc4ccccc4c3)c12. The van der Waals surface area contributed by atoms with E-state index in [1.54, 1.807) is 0 Å². The minimum Gasteiger partial charge on any atom is -0.488 e. The maximum atomic E-state index is 6.72. The third kappa shape index (κ3) is 4.42. The lowest BCUT2D eigenvalue weighted by Gasteiger charge is -2.20. The van der Waals surface area contributed by atoms with Gasteiger partial charge < -0.3 is 9.47 Å². The topological polar surface area (TPSA) is 18.5 Å². The van der Waals surface area contributed by atoms with E-state index in [9.17, 15) is 0 Å². The molecule has 0 bridgehead atoms. The van der Waals surface area contributed by atoms with Crippen LogP contribution in [0.3, 0.4) is 0 Å². The zero-order chi connectivity index (χ0) is 26.9. The van der Waals surface area contributed by atoms with Gasteiger partial charge in [0.2, 0.25) is 0 Å². The van der Waals surface area contributed by atoms with Crippen molar-refractivity contribution in [1.82, 2.24) is 0 Å². The third-order valence-electron chi connectivity index (χ3n) is 7.81. The molecular weight excluding hydrogens is 488 g/mol. The van der Waals surface area contributed by atoms with Crippen LogP contribution in [0.15, 0.2) is 127 Å². The van der Waals surface area contributed by atoms with E-state index >= 15 is 0 Å². The van der Waals surface area contributed by atoms with E-state index in [1.807, 2.05) is 0 Å². The number of benzene rings is 7. The first-order valence-electron chi connectivity index (χ1n) is 14.0. The summed E-state index contributed by atoms with van der Waals surface area (Å²) in [5, 5.41) is 9.30. The molecule has 0 aliphatic carbocycles. The minimum absolute atomic E-state index is 0.498. The first-order valence-corrected chi connectivity index (χ1v) is 14.0. The van der Waals surface area contributed by atoms with E-state index in [0.29, 0.717) is 13.2 Å².